The Morgan fingerprint density at radius 3 is 2.77 bits per heavy atom. The fourth-order valence-corrected chi connectivity index (χ4v) is 6.73. The zero-order chi connectivity index (χ0) is 23.6. The van der Waals surface area contributed by atoms with Gasteiger partial charge in [-0.1, -0.05) is 54.5 Å². The first kappa shape index (κ1) is 20.5. The minimum Gasteiger partial charge on any atom is -0.361 e. The molecule has 5 aromatic rings. The highest BCUT2D eigenvalue weighted by atomic mass is 16.5. The standard InChI is InChI=1S/C30H26N4O/c1-18-25-12-11-24-27(21-10-13-26-20(15-21)7-6-14-31-26)33-19(2)34-29(24)30(25,23-8-4-3-5-9-23)16-22-17-32-35-28(18)22/h3-10,13-15,17-18,25H,11-12,16H2,1-2H3/t18-,25-,30+/m0/s1. The van der Waals surface area contributed by atoms with E-state index in [1.807, 2.05) is 25.4 Å². The zero-order valence-corrected chi connectivity index (χ0v) is 19.9. The Morgan fingerprint density at radius 1 is 1.00 bits per heavy atom. The van der Waals surface area contributed by atoms with Gasteiger partial charge in [-0.15, -0.1) is 0 Å². The molecule has 3 aromatic heterocycles. The molecule has 7 rings (SSSR count). The first-order chi connectivity index (χ1) is 17.1. The molecule has 3 heterocycles. The van der Waals surface area contributed by atoms with E-state index >= 15 is 0 Å². The average Bonchev–Trinajstić information content (AvgIpc) is 3.37. The summed E-state index contributed by atoms with van der Waals surface area (Å²) in [6.45, 7) is 4.31. The minimum absolute atomic E-state index is 0.242. The lowest BCUT2D eigenvalue weighted by molar-refractivity contribution is 0.188. The van der Waals surface area contributed by atoms with Gasteiger partial charge in [-0.3, -0.25) is 4.98 Å². The van der Waals surface area contributed by atoms with E-state index in [9.17, 15) is 0 Å². The topological polar surface area (TPSA) is 64.7 Å². The first-order valence-corrected chi connectivity index (χ1v) is 12.4. The van der Waals surface area contributed by atoms with E-state index in [-0.39, 0.29) is 11.3 Å². The predicted octanol–water partition coefficient (Wildman–Crippen LogP) is 6.20. The molecule has 5 heteroatoms. The van der Waals surface area contributed by atoms with E-state index in [0.717, 1.165) is 53.0 Å². The number of aryl methyl sites for hydroxylation is 1. The van der Waals surface area contributed by atoms with Crippen molar-refractivity contribution < 1.29 is 4.52 Å². The smallest absolute Gasteiger partial charge is 0.143 e. The second kappa shape index (κ2) is 7.57. The number of rotatable bonds is 2. The van der Waals surface area contributed by atoms with Crippen molar-refractivity contribution >= 4 is 10.9 Å². The van der Waals surface area contributed by atoms with Gasteiger partial charge in [0.15, 0.2) is 0 Å². The van der Waals surface area contributed by atoms with Gasteiger partial charge in [0.1, 0.15) is 11.6 Å². The number of hydrogen-bond acceptors (Lipinski definition) is 5. The Labute approximate surface area is 204 Å². The maximum Gasteiger partial charge on any atom is 0.143 e. The molecule has 0 aliphatic heterocycles. The highest BCUT2D eigenvalue weighted by Gasteiger charge is 2.54. The molecule has 0 unspecified atom stereocenters. The van der Waals surface area contributed by atoms with Gasteiger partial charge in [0, 0.05) is 39.6 Å². The molecule has 3 atom stereocenters. The van der Waals surface area contributed by atoms with Crippen LogP contribution >= 0.6 is 0 Å². The Balaban J connectivity index is 1.51. The molecule has 35 heavy (non-hydrogen) atoms. The van der Waals surface area contributed by atoms with E-state index in [0.29, 0.717) is 5.92 Å². The summed E-state index contributed by atoms with van der Waals surface area (Å²) in [5.74, 6) is 2.49. The third-order valence-electron chi connectivity index (χ3n) is 8.21. The molecule has 172 valence electrons. The maximum atomic E-state index is 5.76. The monoisotopic (exact) mass is 458 g/mol. The van der Waals surface area contributed by atoms with Crippen molar-refractivity contribution in [2.45, 2.75) is 44.4 Å². The summed E-state index contributed by atoms with van der Waals surface area (Å²) in [5.41, 5.74) is 7.89. The van der Waals surface area contributed by atoms with Crippen LogP contribution in [0.25, 0.3) is 22.2 Å². The summed E-state index contributed by atoms with van der Waals surface area (Å²) >= 11 is 0. The minimum atomic E-state index is -0.242. The normalized spacial score (nSPS) is 22.9. The second-order valence-electron chi connectivity index (χ2n) is 10.0. The van der Waals surface area contributed by atoms with Crippen LogP contribution in [0.4, 0.5) is 0 Å². The van der Waals surface area contributed by atoms with Gasteiger partial charge in [-0.2, -0.15) is 0 Å². The molecule has 0 saturated heterocycles. The molecule has 0 fully saturated rings. The number of aromatic nitrogens is 4. The van der Waals surface area contributed by atoms with Crippen molar-refractivity contribution in [3.05, 3.63) is 107 Å². The van der Waals surface area contributed by atoms with E-state index in [2.05, 4.69) is 71.7 Å². The van der Waals surface area contributed by atoms with Gasteiger partial charge in [-0.05, 0) is 55.9 Å². The van der Waals surface area contributed by atoms with Gasteiger partial charge < -0.3 is 4.52 Å². The van der Waals surface area contributed by atoms with Crippen LogP contribution in [-0.4, -0.2) is 20.1 Å². The number of benzene rings is 2. The second-order valence-corrected chi connectivity index (χ2v) is 10.0. The van der Waals surface area contributed by atoms with Crippen LogP contribution in [0.1, 0.15) is 53.2 Å². The Kier molecular flexibility index (Phi) is 4.44. The molecule has 0 spiro atoms. The molecule has 0 bridgehead atoms. The van der Waals surface area contributed by atoms with E-state index < -0.39 is 0 Å². The van der Waals surface area contributed by atoms with Crippen LogP contribution in [0.2, 0.25) is 0 Å². The predicted molar refractivity (Wildman–Crippen MR) is 135 cm³/mol. The molecule has 0 amide bonds. The summed E-state index contributed by atoms with van der Waals surface area (Å²) < 4.78 is 5.76. The summed E-state index contributed by atoms with van der Waals surface area (Å²) in [4.78, 5) is 14.7. The van der Waals surface area contributed by atoms with Crippen molar-refractivity contribution in [2.24, 2.45) is 5.92 Å². The average molecular weight is 459 g/mol. The van der Waals surface area contributed by atoms with Gasteiger partial charge in [-0.25, -0.2) is 9.97 Å². The lowest BCUT2D eigenvalue weighted by Gasteiger charge is -2.50. The van der Waals surface area contributed by atoms with Crippen molar-refractivity contribution in [3.63, 3.8) is 0 Å². The molecule has 0 radical (unpaired) electrons. The van der Waals surface area contributed by atoms with Crippen molar-refractivity contribution in [2.75, 3.05) is 0 Å². The lowest BCUT2D eigenvalue weighted by atomic mass is 9.53. The van der Waals surface area contributed by atoms with Crippen LogP contribution < -0.4 is 0 Å². The summed E-state index contributed by atoms with van der Waals surface area (Å²) in [6.07, 6.45) is 6.59. The quantitative estimate of drug-likeness (QED) is 0.315. The Morgan fingerprint density at radius 2 is 1.89 bits per heavy atom. The fourth-order valence-electron chi connectivity index (χ4n) is 6.73. The van der Waals surface area contributed by atoms with Crippen molar-refractivity contribution in [3.8, 4) is 11.3 Å². The first-order valence-electron chi connectivity index (χ1n) is 12.4. The van der Waals surface area contributed by atoms with Crippen LogP contribution in [0, 0.1) is 12.8 Å². The van der Waals surface area contributed by atoms with E-state index in [1.54, 1.807) is 0 Å². The molecule has 0 N–H and O–H groups in total. The molecule has 0 saturated carbocycles. The number of hydrogen-bond donors (Lipinski definition) is 0. The Hall–Kier alpha value is -3.86. The molecule has 5 nitrogen and oxygen atoms in total. The maximum absolute atomic E-state index is 5.76. The summed E-state index contributed by atoms with van der Waals surface area (Å²) in [6, 6.07) is 21.5. The molecular weight excluding hydrogens is 432 g/mol. The highest BCUT2D eigenvalue weighted by molar-refractivity contribution is 5.84. The number of pyridine rings is 1. The van der Waals surface area contributed by atoms with Crippen LogP contribution in [0.3, 0.4) is 0 Å². The summed E-state index contributed by atoms with van der Waals surface area (Å²) in [5, 5.41) is 5.32. The lowest BCUT2D eigenvalue weighted by Crippen LogP contribution is -2.48. The fraction of sp³-hybridized carbons (Fsp3) is 0.267. The largest absolute Gasteiger partial charge is 0.361 e. The van der Waals surface area contributed by atoms with E-state index in [1.165, 1.54) is 22.4 Å². The van der Waals surface area contributed by atoms with Crippen LogP contribution in [-0.2, 0) is 18.3 Å². The molecule has 2 aliphatic carbocycles. The zero-order valence-electron chi connectivity index (χ0n) is 19.9. The highest BCUT2D eigenvalue weighted by Crippen LogP contribution is 2.57. The van der Waals surface area contributed by atoms with Gasteiger partial charge in [0.2, 0.25) is 0 Å². The van der Waals surface area contributed by atoms with Crippen LogP contribution in [0.5, 0.6) is 0 Å². The SMILES string of the molecule is Cc1nc(-c2ccc3ncccc3c2)c2c(n1)[C@@]1(c3ccccc3)Cc3cnoc3[C@@H](C)[C@@H]1CC2. The third-order valence-corrected chi connectivity index (χ3v) is 8.21. The van der Waals surface area contributed by atoms with Gasteiger partial charge in [0.05, 0.1) is 23.1 Å². The molecular formula is C30H26N4O. The molecule has 2 aromatic carbocycles. The summed E-state index contributed by atoms with van der Waals surface area (Å²) in [7, 11) is 0. The van der Waals surface area contributed by atoms with E-state index in [4.69, 9.17) is 14.5 Å². The van der Waals surface area contributed by atoms with Crippen molar-refractivity contribution in [1.29, 1.82) is 0 Å². The van der Waals surface area contributed by atoms with Crippen LogP contribution in [0.15, 0.2) is 77.6 Å². The molecule has 2 aliphatic rings. The third kappa shape index (κ3) is 2.94. The van der Waals surface area contributed by atoms with Gasteiger partial charge in [0.25, 0.3) is 0 Å². The number of fused-ring (bicyclic) bond motifs is 5. The van der Waals surface area contributed by atoms with Gasteiger partial charge >= 0.3 is 0 Å². The van der Waals surface area contributed by atoms with Crippen molar-refractivity contribution in [1.82, 2.24) is 20.1 Å². The number of nitrogens with zero attached hydrogens (tertiary/aromatic N) is 4. The Bertz CT molecular complexity index is 1570.